The average Bonchev–Trinajstić information content (AvgIpc) is 3.31. The predicted molar refractivity (Wildman–Crippen MR) is 287 cm³/mol. The van der Waals surface area contributed by atoms with Gasteiger partial charge in [0.15, 0.2) is 0 Å². The van der Waals surface area contributed by atoms with E-state index < -0.39 is 113 Å². The Bertz CT molecular complexity index is 1910. The van der Waals surface area contributed by atoms with Crippen molar-refractivity contribution in [2.45, 2.75) is 190 Å². The van der Waals surface area contributed by atoms with Gasteiger partial charge in [0.05, 0.1) is 12.6 Å². The summed E-state index contributed by atoms with van der Waals surface area (Å²) < 4.78 is 0. The molecular weight excluding hydrogens is 951 g/mol. The van der Waals surface area contributed by atoms with Gasteiger partial charge in [0.1, 0.15) is 48.3 Å². The average molecular weight is 1050 g/mol. The Kier molecular flexibility index (Phi) is 29.2. The molecule has 0 aliphatic rings. The van der Waals surface area contributed by atoms with Crippen LogP contribution in [0, 0.1) is 35.5 Å². The molecule has 0 bridgehead atoms. The second-order valence-electron chi connectivity index (χ2n) is 22.6. The molecule has 0 aromatic carbocycles. The van der Waals surface area contributed by atoms with Gasteiger partial charge < -0.3 is 56.4 Å². The Morgan fingerprint density at radius 1 is 0.419 bits per heavy atom. The lowest BCUT2D eigenvalue weighted by Crippen LogP contribution is -2.61. The first-order valence-corrected chi connectivity index (χ1v) is 26.5. The first-order chi connectivity index (χ1) is 34.0. The maximum absolute atomic E-state index is 14.5. The minimum absolute atomic E-state index is 0.0126. The summed E-state index contributed by atoms with van der Waals surface area (Å²) in [6.45, 7) is 26.7. The summed E-state index contributed by atoms with van der Waals surface area (Å²) in [5, 5.41) is 10.8. The van der Waals surface area contributed by atoms with Gasteiger partial charge in [-0.3, -0.25) is 47.9 Å². The molecule has 6 N–H and O–H groups in total. The molecule has 0 heterocycles. The van der Waals surface area contributed by atoms with Crippen LogP contribution in [0.1, 0.15) is 136 Å². The summed E-state index contributed by atoms with van der Waals surface area (Å²) in [4.78, 5) is 146. The third kappa shape index (κ3) is 20.4. The minimum atomic E-state index is -1.19. The number of rotatable bonds is 30. The van der Waals surface area contributed by atoms with Crippen molar-refractivity contribution >= 4 is 59.1 Å². The van der Waals surface area contributed by atoms with Crippen LogP contribution in [-0.4, -0.2) is 199 Å². The van der Waals surface area contributed by atoms with Gasteiger partial charge in [-0.25, -0.2) is 0 Å². The first kappa shape index (κ1) is 68.7. The molecule has 0 aromatic rings. The fourth-order valence-electron chi connectivity index (χ4n) is 8.75. The van der Waals surface area contributed by atoms with Crippen molar-refractivity contribution in [3.63, 3.8) is 0 Å². The van der Waals surface area contributed by atoms with Crippen LogP contribution in [0.5, 0.6) is 0 Å². The second-order valence-corrected chi connectivity index (χ2v) is 22.6. The van der Waals surface area contributed by atoms with E-state index in [1.165, 1.54) is 85.5 Å². The van der Waals surface area contributed by atoms with E-state index in [0.29, 0.717) is 12.8 Å². The summed E-state index contributed by atoms with van der Waals surface area (Å²) in [6, 6.07) is -9.11. The van der Waals surface area contributed by atoms with E-state index in [1.807, 2.05) is 69.2 Å². The number of hydrogen-bond donors (Lipinski definition) is 5. The van der Waals surface area contributed by atoms with Crippen molar-refractivity contribution in [2.24, 2.45) is 41.2 Å². The number of nitrogens with one attached hydrogen (secondary N) is 4. The summed E-state index contributed by atoms with van der Waals surface area (Å²) in [7, 11) is 10.4. The van der Waals surface area contributed by atoms with Crippen LogP contribution in [0.2, 0.25) is 0 Å². The van der Waals surface area contributed by atoms with Crippen molar-refractivity contribution in [1.82, 2.24) is 50.7 Å². The number of amides is 10. The molecule has 74 heavy (non-hydrogen) atoms. The Hall–Kier alpha value is -5.34. The van der Waals surface area contributed by atoms with Gasteiger partial charge in [-0.15, -0.1) is 0 Å². The number of carbonyl (C=O) groups excluding carboxylic acids is 10. The molecule has 10 amide bonds. The molecule has 0 spiro atoms. The van der Waals surface area contributed by atoms with Gasteiger partial charge in [0.25, 0.3) is 0 Å². The lowest BCUT2D eigenvalue weighted by Gasteiger charge is -2.39. The van der Waals surface area contributed by atoms with Crippen LogP contribution in [0.25, 0.3) is 0 Å². The minimum Gasteiger partial charge on any atom is -0.357 e. The molecule has 21 nitrogen and oxygen atoms in total. The van der Waals surface area contributed by atoms with Crippen LogP contribution in [-0.2, 0) is 47.9 Å². The quantitative estimate of drug-likeness (QED) is 0.0696. The fourth-order valence-corrected chi connectivity index (χ4v) is 8.75. The topological polar surface area (TPSA) is 264 Å². The molecule has 21 heteroatoms. The van der Waals surface area contributed by atoms with E-state index in [0.717, 1.165) is 0 Å². The number of hydrogen-bond acceptors (Lipinski definition) is 11. The van der Waals surface area contributed by atoms with Crippen LogP contribution in [0.3, 0.4) is 0 Å². The number of nitrogens with two attached hydrogens (primary N) is 1. The third-order valence-electron chi connectivity index (χ3n) is 13.4. The largest absolute Gasteiger partial charge is 0.357 e. The zero-order valence-electron chi connectivity index (χ0n) is 49.2. The van der Waals surface area contributed by atoms with Crippen molar-refractivity contribution < 1.29 is 47.9 Å². The molecular formula is C53H99N11O10. The highest BCUT2D eigenvalue weighted by Crippen LogP contribution is 2.22. The van der Waals surface area contributed by atoms with Gasteiger partial charge in [0.2, 0.25) is 59.1 Å². The highest BCUT2D eigenvalue weighted by molar-refractivity contribution is 5.98. The molecule has 0 aromatic heterocycles. The Labute approximate surface area is 443 Å². The predicted octanol–water partition coefficient (Wildman–Crippen LogP) is 2.05. The van der Waals surface area contributed by atoms with E-state index in [4.69, 9.17) is 5.73 Å². The van der Waals surface area contributed by atoms with Gasteiger partial charge in [-0.1, -0.05) is 90.0 Å². The molecule has 0 radical (unpaired) electrons. The maximum Gasteiger partial charge on any atom is 0.245 e. The molecule has 0 saturated carbocycles. The molecule has 0 aliphatic carbocycles. The van der Waals surface area contributed by atoms with E-state index in [-0.39, 0.29) is 61.3 Å². The lowest BCUT2D eigenvalue weighted by molar-refractivity contribution is -0.153. The molecule has 0 fully saturated rings. The van der Waals surface area contributed by atoms with Crippen molar-refractivity contribution in [3.8, 4) is 0 Å². The van der Waals surface area contributed by atoms with E-state index in [9.17, 15) is 47.9 Å². The molecule has 0 rings (SSSR count). The fraction of sp³-hybridized carbons (Fsp3) is 0.811. The maximum atomic E-state index is 14.5. The van der Waals surface area contributed by atoms with E-state index in [1.54, 1.807) is 27.8 Å². The molecule has 9 unspecified atom stereocenters. The normalized spacial score (nSPS) is 15.3. The van der Waals surface area contributed by atoms with Gasteiger partial charge in [-0.05, 0) is 81.5 Å². The van der Waals surface area contributed by atoms with Crippen LogP contribution >= 0.6 is 0 Å². The monoisotopic (exact) mass is 1050 g/mol. The summed E-state index contributed by atoms with van der Waals surface area (Å²) >= 11 is 0. The first-order valence-electron chi connectivity index (χ1n) is 26.5. The lowest BCUT2D eigenvalue weighted by atomic mass is 9.96. The smallest absolute Gasteiger partial charge is 0.245 e. The number of nitrogens with zero attached hydrogens (tertiary/aromatic N) is 6. The zero-order chi connectivity index (χ0) is 58.0. The van der Waals surface area contributed by atoms with Crippen LogP contribution in [0.15, 0.2) is 0 Å². The summed E-state index contributed by atoms with van der Waals surface area (Å²) in [5.41, 5.74) is 5.90. The molecule has 9 atom stereocenters. The standard InChI is InChI=1S/C53H99N11O10/c1-23-37(54)50(71)59(17)28-42(65)60(18)38(24-29(2)3)47(68)58-43(33(10)11)53(74)61(19)39(25-30(4)5)46(67)56-35(14)45(66)57-36(15)49(70)62(20)40(26-31(6)7)51(72)63(21)41(27-32(8)9)52(73)64(22)44(34(12)13)48(69)55-16/h29-41,43-44H,23-28,54H2,1-22H3,(H,55,69)(H,56,67)(H,57,66)(H,58,68). The number of likely N-dealkylation sites (N-methyl/N-ethyl adjacent to an activating group) is 7. The van der Waals surface area contributed by atoms with E-state index in [2.05, 4.69) is 21.3 Å². The summed E-state index contributed by atoms with van der Waals surface area (Å²) in [6.07, 6.45) is 1.36. The van der Waals surface area contributed by atoms with E-state index >= 15 is 0 Å². The van der Waals surface area contributed by atoms with Crippen molar-refractivity contribution in [3.05, 3.63) is 0 Å². The summed E-state index contributed by atoms with van der Waals surface area (Å²) in [5.74, 6) is -6.15. The zero-order valence-corrected chi connectivity index (χ0v) is 49.2. The van der Waals surface area contributed by atoms with Gasteiger partial charge in [-0.2, -0.15) is 0 Å². The van der Waals surface area contributed by atoms with Crippen molar-refractivity contribution in [1.29, 1.82) is 0 Å². The number of carbonyl (C=O) groups is 10. The highest BCUT2D eigenvalue weighted by atomic mass is 16.2. The van der Waals surface area contributed by atoms with Gasteiger partial charge >= 0.3 is 0 Å². The molecule has 0 saturated heterocycles. The molecule has 426 valence electrons. The van der Waals surface area contributed by atoms with Crippen LogP contribution < -0.4 is 27.0 Å². The second kappa shape index (κ2) is 31.5. The van der Waals surface area contributed by atoms with Crippen LogP contribution in [0.4, 0.5) is 0 Å². The SMILES string of the molecule is CCC(N)C(=O)N(C)CC(=O)N(C)C(CC(C)C)C(=O)NC(C(=O)N(C)C(CC(C)C)C(=O)NC(C)C(=O)NC(C)C(=O)N(C)C(CC(C)C)C(=O)N(C)C(CC(C)C)C(=O)N(C)C(C(=O)NC)C(C)C)C(C)C. The Morgan fingerprint density at radius 2 is 0.797 bits per heavy atom. The highest BCUT2D eigenvalue weighted by Gasteiger charge is 2.41. The Balaban J connectivity index is 6.48. The van der Waals surface area contributed by atoms with Gasteiger partial charge in [0, 0.05) is 49.3 Å². The van der Waals surface area contributed by atoms with Crippen molar-refractivity contribution in [2.75, 3.05) is 55.9 Å². The third-order valence-corrected chi connectivity index (χ3v) is 13.4. The molecule has 0 aliphatic heterocycles. The Morgan fingerprint density at radius 3 is 1.20 bits per heavy atom.